The number of benzene rings is 4. The van der Waals surface area contributed by atoms with Gasteiger partial charge in [-0.1, -0.05) is 67.4 Å². The smallest absolute Gasteiger partial charge is 0.157 e. The van der Waals surface area contributed by atoms with Crippen molar-refractivity contribution in [3.63, 3.8) is 0 Å². The summed E-state index contributed by atoms with van der Waals surface area (Å²) in [6, 6.07) is 28.3. The number of aryl methyl sites for hydroxylation is 1. The van der Waals surface area contributed by atoms with Crippen molar-refractivity contribution in [2.75, 3.05) is 32.7 Å². The molecule has 0 fully saturated rings. The Hall–Kier alpha value is -3.66. The molecule has 0 aliphatic carbocycles. The van der Waals surface area contributed by atoms with E-state index in [1.54, 1.807) is 30.3 Å². The average molecular weight is 731 g/mol. The fourth-order valence-corrected chi connectivity index (χ4v) is 5.27. The van der Waals surface area contributed by atoms with E-state index in [0.717, 1.165) is 76.0 Å². The molecule has 0 amide bonds. The van der Waals surface area contributed by atoms with Crippen LogP contribution in [-0.2, 0) is 25.7 Å². The Balaban J connectivity index is 0.000000487. The predicted octanol–water partition coefficient (Wildman–Crippen LogP) is 7.42. The maximum atomic E-state index is 9.46. The van der Waals surface area contributed by atoms with Gasteiger partial charge in [-0.05, 0) is 143 Å². The van der Waals surface area contributed by atoms with Gasteiger partial charge in [-0.2, -0.15) is 0 Å². The molecule has 0 saturated carbocycles. The van der Waals surface area contributed by atoms with Crippen molar-refractivity contribution < 1.29 is 25.5 Å². The number of unbranched alkanes of at least 4 members (excludes halogenated alkanes) is 3. The summed E-state index contributed by atoms with van der Waals surface area (Å²) >= 11 is 0. The van der Waals surface area contributed by atoms with E-state index >= 15 is 0 Å². The molecule has 0 aliphatic rings. The molecule has 0 radical (unpaired) electrons. The molecule has 1 unspecified atom stereocenters. The molecule has 8 N–H and O–H groups in total. The van der Waals surface area contributed by atoms with Crippen molar-refractivity contribution in [3.8, 4) is 28.7 Å². The molecular weight excluding hydrogens is 673 g/mol. The van der Waals surface area contributed by atoms with Crippen molar-refractivity contribution in [2.24, 2.45) is 0 Å². The fraction of sp³-hybridized carbons (Fsp3) is 0.400. The highest BCUT2D eigenvalue weighted by molar-refractivity contribution is 5.85. The van der Waals surface area contributed by atoms with Gasteiger partial charge in [0.25, 0.3) is 0 Å². The first kappa shape index (κ1) is 44.4. The topological polar surface area (TPSA) is 137 Å². The summed E-state index contributed by atoms with van der Waals surface area (Å²) in [7, 11) is 0. The van der Waals surface area contributed by atoms with Gasteiger partial charge in [0.15, 0.2) is 23.0 Å². The molecule has 0 heterocycles. The summed E-state index contributed by atoms with van der Waals surface area (Å²) in [5, 5.41) is 57.1. The molecule has 10 heteroatoms. The van der Waals surface area contributed by atoms with E-state index in [4.69, 9.17) is 0 Å². The van der Waals surface area contributed by atoms with Gasteiger partial charge in [0.2, 0.25) is 0 Å². The van der Waals surface area contributed by atoms with Crippen LogP contribution in [0.3, 0.4) is 0 Å². The van der Waals surface area contributed by atoms with Gasteiger partial charge >= 0.3 is 0 Å². The molecule has 276 valence electrons. The Morgan fingerprint density at radius 1 is 0.460 bits per heavy atom. The summed E-state index contributed by atoms with van der Waals surface area (Å²) in [6.07, 6.45) is 9.71. The fourth-order valence-electron chi connectivity index (χ4n) is 5.27. The molecule has 0 spiro atoms. The Morgan fingerprint density at radius 3 is 1.44 bits per heavy atom. The van der Waals surface area contributed by atoms with Crippen molar-refractivity contribution in [2.45, 2.75) is 70.8 Å². The zero-order valence-corrected chi connectivity index (χ0v) is 30.8. The highest BCUT2D eigenvalue weighted by atomic mass is 35.5. The molecule has 1 atom stereocenters. The largest absolute Gasteiger partial charge is 0.508 e. The molecule has 4 aromatic rings. The summed E-state index contributed by atoms with van der Waals surface area (Å²) < 4.78 is 0. The highest BCUT2D eigenvalue weighted by Gasteiger charge is 2.05. The number of halogens is 2. The van der Waals surface area contributed by atoms with Gasteiger partial charge in [-0.3, -0.25) is 0 Å². The Morgan fingerprint density at radius 2 is 0.920 bits per heavy atom. The van der Waals surface area contributed by atoms with Crippen LogP contribution in [0.2, 0.25) is 0 Å². The lowest BCUT2D eigenvalue weighted by Gasteiger charge is -2.14. The summed E-state index contributed by atoms with van der Waals surface area (Å²) in [5.74, 6) is 0.0417. The van der Waals surface area contributed by atoms with Gasteiger partial charge in [0.1, 0.15) is 5.75 Å². The van der Waals surface area contributed by atoms with Crippen LogP contribution in [0, 0.1) is 0 Å². The lowest BCUT2D eigenvalue weighted by atomic mass is 10.1. The Labute approximate surface area is 310 Å². The minimum Gasteiger partial charge on any atom is -0.508 e. The lowest BCUT2D eigenvalue weighted by molar-refractivity contribution is 0.403. The third-order valence-corrected chi connectivity index (χ3v) is 8.27. The zero-order valence-electron chi connectivity index (χ0n) is 29.2. The van der Waals surface area contributed by atoms with Crippen LogP contribution >= 0.6 is 24.8 Å². The molecule has 0 saturated heterocycles. The standard InChI is InChI=1S/C22H32N2O2.C18H23NO3.2ClH/c25-21-11-10-20(18-22(21)26)13-17-24-15-7-2-1-6-14-23-16-12-19-8-4-3-5-9-19;1-13(2-3-14-4-7-16(20)8-5-14)19-11-10-15-6-9-17(21)18(22)12-15;;/h3-5,8-11,18,23-26H,1-2,6-7,12-17H2;4-9,12-13,19-22H,2-3,10-11H2,1H3;2*1H. The first-order chi connectivity index (χ1) is 23.3. The summed E-state index contributed by atoms with van der Waals surface area (Å²) in [6.45, 7) is 7.05. The van der Waals surface area contributed by atoms with Crippen molar-refractivity contribution in [3.05, 3.63) is 113 Å². The van der Waals surface area contributed by atoms with Gasteiger partial charge in [-0.15, -0.1) is 24.8 Å². The van der Waals surface area contributed by atoms with Crippen LogP contribution < -0.4 is 16.0 Å². The normalized spacial score (nSPS) is 11.1. The monoisotopic (exact) mass is 729 g/mol. The van der Waals surface area contributed by atoms with Crippen LogP contribution in [0.15, 0.2) is 91.0 Å². The second-order valence-electron chi connectivity index (χ2n) is 12.4. The molecule has 0 aromatic heterocycles. The third-order valence-electron chi connectivity index (χ3n) is 8.27. The second kappa shape index (κ2) is 26.2. The van der Waals surface area contributed by atoms with E-state index < -0.39 is 0 Å². The molecule has 4 rings (SSSR count). The van der Waals surface area contributed by atoms with Gasteiger partial charge in [-0.25, -0.2) is 0 Å². The van der Waals surface area contributed by atoms with E-state index in [1.165, 1.54) is 42.9 Å². The van der Waals surface area contributed by atoms with Crippen molar-refractivity contribution in [1.82, 2.24) is 16.0 Å². The maximum absolute atomic E-state index is 9.46. The third kappa shape index (κ3) is 18.9. The van der Waals surface area contributed by atoms with E-state index in [1.807, 2.05) is 24.3 Å². The predicted molar refractivity (Wildman–Crippen MR) is 210 cm³/mol. The van der Waals surface area contributed by atoms with Crippen LogP contribution in [0.25, 0.3) is 0 Å². The summed E-state index contributed by atoms with van der Waals surface area (Å²) in [5.41, 5.74) is 4.64. The number of phenolic OH excluding ortho intramolecular Hbond substituents is 5. The van der Waals surface area contributed by atoms with Crippen LogP contribution in [0.1, 0.15) is 61.3 Å². The van der Waals surface area contributed by atoms with E-state index in [0.29, 0.717) is 11.8 Å². The van der Waals surface area contributed by atoms with Gasteiger partial charge in [0.05, 0.1) is 0 Å². The average Bonchev–Trinajstić information content (AvgIpc) is 3.09. The molecule has 50 heavy (non-hydrogen) atoms. The number of nitrogens with one attached hydrogen (secondary N) is 3. The maximum Gasteiger partial charge on any atom is 0.157 e. The van der Waals surface area contributed by atoms with Crippen molar-refractivity contribution >= 4 is 24.8 Å². The van der Waals surface area contributed by atoms with Gasteiger partial charge in [0, 0.05) is 6.04 Å². The molecule has 0 bridgehead atoms. The van der Waals surface area contributed by atoms with E-state index in [9.17, 15) is 25.5 Å². The molecule has 8 nitrogen and oxygen atoms in total. The zero-order chi connectivity index (χ0) is 34.4. The Kier molecular flexibility index (Phi) is 23.2. The van der Waals surface area contributed by atoms with Crippen LogP contribution in [0.4, 0.5) is 0 Å². The number of rotatable bonds is 20. The summed E-state index contributed by atoms with van der Waals surface area (Å²) in [4.78, 5) is 0. The lowest BCUT2D eigenvalue weighted by Crippen LogP contribution is -2.28. The minimum absolute atomic E-state index is 0. The van der Waals surface area contributed by atoms with Crippen LogP contribution in [-0.4, -0.2) is 64.3 Å². The SMILES string of the molecule is CC(CCc1ccc(O)cc1)NCCc1ccc(O)c(O)c1.Cl.Cl.Oc1ccc(CCNCCCCCCNCCc2ccccc2)cc1O. The first-order valence-corrected chi connectivity index (χ1v) is 17.3. The number of hydrogen-bond acceptors (Lipinski definition) is 8. The second-order valence-corrected chi connectivity index (χ2v) is 12.4. The first-order valence-electron chi connectivity index (χ1n) is 17.3. The van der Waals surface area contributed by atoms with E-state index in [-0.39, 0.29) is 47.8 Å². The molecule has 4 aromatic carbocycles. The number of hydrogen-bond donors (Lipinski definition) is 8. The van der Waals surface area contributed by atoms with E-state index in [2.05, 4.69) is 53.2 Å². The highest BCUT2D eigenvalue weighted by Crippen LogP contribution is 2.25. The van der Waals surface area contributed by atoms with Crippen molar-refractivity contribution in [1.29, 1.82) is 0 Å². The Bertz CT molecular complexity index is 1450. The quantitative estimate of drug-likeness (QED) is 0.0348. The number of aromatic hydroxyl groups is 5. The van der Waals surface area contributed by atoms with Crippen LogP contribution in [0.5, 0.6) is 28.7 Å². The molecular formula is C40H57Cl2N3O5. The molecule has 0 aliphatic heterocycles. The number of phenols is 5. The van der Waals surface area contributed by atoms with Gasteiger partial charge < -0.3 is 41.5 Å². The minimum atomic E-state index is -0.0843.